The van der Waals surface area contributed by atoms with Gasteiger partial charge in [-0.25, -0.2) is 10.2 Å². The smallest absolute Gasteiger partial charge is 0.337 e. The normalized spacial score (nSPS) is 11.1. The molecule has 0 aliphatic heterocycles. The van der Waals surface area contributed by atoms with Crippen LogP contribution in [0.2, 0.25) is 0 Å². The highest BCUT2D eigenvalue weighted by Crippen LogP contribution is 2.19. The Hall–Kier alpha value is -3.74. The van der Waals surface area contributed by atoms with E-state index in [1.807, 2.05) is 12.1 Å². The zero-order chi connectivity index (χ0) is 21.5. The Morgan fingerprint density at radius 1 is 1.13 bits per heavy atom. The van der Waals surface area contributed by atoms with E-state index in [1.165, 1.54) is 18.9 Å². The molecule has 0 radical (unpaired) electrons. The van der Waals surface area contributed by atoms with Crippen LogP contribution in [-0.4, -0.2) is 35.4 Å². The fraction of sp³-hybridized carbons (Fsp3) is 0.217. The molecule has 7 heteroatoms. The Balaban J connectivity index is 1.59. The lowest BCUT2D eigenvalue weighted by atomic mass is 10.0. The van der Waals surface area contributed by atoms with Crippen molar-refractivity contribution < 1.29 is 14.3 Å². The SMILES string of the molecule is COC(=O)c1ccc(C=NNC(=O)c2cc(-c3ccc(CC(C)C)cc3)n[nH]2)cc1. The summed E-state index contributed by atoms with van der Waals surface area (Å²) in [5.41, 5.74) is 6.85. The number of amides is 1. The lowest BCUT2D eigenvalue weighted by Gasteiger charge is -2.05. The highest BCUT2D eigenvalue weighted by molar-refractivity contribution is 5.94. The number of H-pyrrole nitrogens is 1. The van der Waals surface area contributed by atoms with E-state index in [9.17, 15) is 9.59 Å². The zero-order valence-electron chi connectivity index (χ0n) is 17.2. The predicted molar refractivity (Wildman–Crippen MR) is 115 cm³/mol. The first kappa shape index (κ1) is 21.0. The quantitative estimate of drug-likeness (QED) is 0.355. The summed E-state index contributed by atoms with van der Waals surface area (Å²) < 4.78 is 4.65. The van der Waals surface area contributed by atoms with E-state index in [2.05, 4.69) is 51.4 Å². The molecule has 0 unspecified atom stereocenters. The van der Waals surface area contributed by atoms with Crippen molar-refractivity contribution in [1.29, 1.82) is 0 Å². The van der Waals surface area contributed by atoms with Gasteiger partial charge in [-0.3, -0.25) is 9.89 Å². The van der Waals surface area contributed by atoms with Crippen LogP contribution in [0.3, 0.4) is 0 Å². The molecule has 7 nitrogen and oxygen atoms in total. The van der Waals surface area contributed by atoms with Gasteiger partial charge >= 0.3 is 5.97 Å². The molecule has 1 aromatic heterocycles. The molecule has 2 aromatic carbocycles. The molecule has 154 valence electrons. The predicted octanol–water partition coefficient (Wildman–Crippen LogP) is 3.83. The van der Waals surface area contributed by atoms with E-state index in [0.29, 0.717) is 22.9 Å². The fourth-order valence-corrected chi connectivity index (χ4v) is 2.92. The first-order valence-corrected chi connectivity index (χ1v) is 9.62. The van der Waals surface area contributed by atoms with Gasteiger partial charge in [-0.15, -0.1) is 0 Å². The number of esters is 1. The number of hydrazone groups is 1. The second kappa shape index (κ2) is 9.65. The summed E-state index contributed by atoms with van der Waals surface area (Å²) in [5, 5.41) is 10.9. The lowest BCUT2D eigenvalue weighted by Crippen LogP contribution is -2.18. The van der Waals surface area contributed by atoms with Crippen molar-refractivity contribution >= 4 is 18.1 Å². The highest BCUT2D eigenvalue weighted by Gasteiger charge is 2.11. The Morgan fingerprint density at radius 2 is 1.83 bits per heavy atom. The van der Waals surface area contributed by atoms with Gasteiger partial charge in [0.2, 0.25) is 0 Å². The van der Waals surface area contributed by atoms with Crippen LogP contribution in [0.15, 0.2) is 59.7 Å². The maximum absolute atomic E-state index is 12.3. The number of methoxy groups -OCH3 is 1. The molecular weight excluding hydrogens is 380 g/mol. The van der Waals surface area contributed by atoms with Gasteiger partial charge in [0.05, 0.1) is 24.6 Å². The molecule has 3 aromatic rings. The van der Waals surface area contributed by atoms with Gasteiger partial charge in [0.15, 0.2) is 0 Å². The summed E-state index contributed by atoms with van der Waals surface area (Å²) in [6.45, 7) is 4.37. The summed E-state index contributed by atoms with van der Waals surface area (Å²) in [4.78, 5) is 23.7. The van der Waals surface area contributed by atoms with Crippen molar-refractivity contribution in [2.24, 2.45) is 11.0 Å². The molecule has 0 bridgehead atoms. The molecular formula is C23H24N4O3. The number of hydrogen-bond donors (Lipinski definition) is 2. The molecule has 1 heterocycles. The average molecular weight is 404 g/mol. The maximum atomic E-state index is 12.3. The second-order valence-electron chi connectivity index (χ2n) is 7.27. The van der Waals surface area contributed by atoms with Crippen molar-refractivity contribution in [3.8, 4) is 11.3 Å². The van der Waals surface area contributed by atoms with Crippen LogP contribution in [0.1, 0.15) is 45.8 Å². The van der Waals surface area contributed by atoms with Crippen LogP contribution in [0, 0.1) is 5.92 Å². The maximum Gasteiger partial charge on any atom is 0.337 e. The molecule has 0 atom stereocenters. The van der Waals surface area contributed by atoms with Gasteiger partial charge in [0, 0.05) is 5.56 Å². The average Bonchev–Trinajstić information content (AvgIpc) is 3.24. The van der Waals surface area contributed by atoms with E-state index < -0.39 is 11.9 Å². The summed E-state index contributed by atoms with van der Waals surface area (Å²) in [6, 6.07) is 16.5. The summed E-state index contributed by atoms with van der Waals surface area (Å²) in [6.07, 6.45) is 2.52. The third-order valence-corrected chi connectivity index (χ3v) is 4.43. The molecule has 0 saturated heterocycles. The van der Waals surface area contributed by atoms with E-state index >= 15 is 0 Å². The minimum Gasteiger partial charge on any atom is -0.465 e. The van der Waals surface area contributed by atoms with Crippen LogP contribution in [0.4, 0.5) is 0 Å². The minimum absolute atomic E-state index is 0.314. The first-order chi connectivity index (χ1) is 14.5. The molecule has 0 fully saturated rings. The van der Waals surface area contributed by atoms with Crippen molar-refractivity contribution in [2.75, 3.05) is 7.11 Å². The molecule has 0 saturated carbocycles. The standard InChI is InChI=1S/C23H24N4O3/c1-15(2)12-16-4-8-18(9-5-16)20-13-21(26-25-20)22(28)27-24-14-17-6-10-19(11-7-17)23(29)30-3/h4-11,13-15H,12H2,1-3H3,(H,25,26)(H,27,28). The molecule has 3 rings (SSSR count). The van der Waals surface area contributed by atoms with Crippen LogP contribution in [0.5, 0.6) is 0 Å². The number of hydrogen-bond acceptors (Lipinski definition) is 5. The number of aromatic amines is 1. The van der Waals surface area contributed by atoms with Crippen LogP contribution >= 0.6 is 0 Å². The first-order valence-electron chi connectivity index (χ1n) is 9.62. The number of carbonyl (C=O) groups excluding carboxylic acids is 2. The van der Waals surface area contributed by atoms with Gasteiger partial charge < -0.3 is 4.74 Å². The Labute approximate surface area is 175 Å². The van der Waals surface area contributed by atoms with Crippen molar-refractivity contribution in [2.45, 2.75) is 20.3 Å². The summed E-state index contributed by atoms with van der Waals surface area (Å²) >= 11 is 0. The van der Waals surface area contributed by atoms with Crippen molar-refractivity contribution in [3.05, 3.63) is 77.0 Å². The number of benzene rings is 2. The molecule has 1 amide bonds. The van der Waals surface area contributed by atoms with Gasteiger partial charge in [0.1, 0.15) is 5.69 Å². The van der Waals surface area contributed by atoms with Gasteiger partial charge in [0.25, 0.3) is 5.91 Å². The van der Waals surface area contributed by atoms with E-state index in [1.54, 1.807) is 30.3 Å². The monoisotopic (exact) mass is 404 g/mol. The minimum atomic E-state index is -0.406. The van der Waals surface area contributed by atoms with Crippen molar-refractivity contribution in [3.63, 3.8) is 0 Å². The lowest BCUT2D eigenvalue weighted by molar-refractivity contribution is 0.0600. The fourth-order valence-electron chi connectivity index (χ4n) is 2.92. The third-order valence-electron chi connectivity index (χ3n) is 4.43. The molecule has 0 aliphatic rings. The molecule has 2 N–H and O–H groups in total. The summed E-state index contributed by atoms with van der Waals surface area (Å²) in [5.74, 6) is -0.202. The van der Waals surface area contributed by atoms with E-state index in [4.69, 9.17) is 0 Å². The largest absolute Gasteiger partial charge is 0.465 e. The number of rotatable bonds is 7. The number of ether oxygens (including phenoxy) is 1. The Bertz CT molecular complexity index is 1040. The number of carbonyl (C=O) groups is 2. The van der Waals surface area contributed by atoms with Crippen LogP contribution < -0.4 is 5.43 Å². The van der Waals surface area contributed by atoms with E-state index in [0.717, 1.165) is 17.5 Å². The molecule has 0 aliphatic carbocycles. The number of aromatic nitrogens is 2. The topological polar surface area (TPSA) is 96.4 Å². The Morgan fingerprint density at radius 3 is 2.47 bits per heavy atom. The second-order valence-corrected chi connectivity index (χ2v) is 7.27. The zero-order valence-corrected chi connectivity index (χ0v) is 17.2. The van der Waals surface area contributed by atoms with Gasteiger partial charge in [-0.2, -0.15) is 10.2 Å². The van der Waals surface area contributed by atoms with Gasteiger partial charge in [-0.05, 0) is 41.7 Å². The van der Waals surface area contributed by atoms with Gasteiger partial charge in [-0.1, -0.05) is 50.2 Å². The third kappa shape index (κ3) is 5.41. The number of nitrogens with one attached hydrogen (secondary N) is 2. The molecule has 0 spiro atoms. The van der Waals surface area contributed by atoms with Crippen LogP contribution in [0.25, 0.3) is 11.3 Å². The summed E-state index contributed by atoms with van der Waals surface area (Å²) in [7, 11) is 1.33. The van der Waals surface area contributed by atoms with E-state index in [-0.39, 0.29) is 0 Å². The van der Waals surface area contributed by atoms with Crippen molar-refractivity contribution in [1.82, 2.24) is 15.6 Å². The Kier molecular flexibility index (Phi) is 6.75. The number of nitrogens with zero attached hydrogens (tertiary/aromatic N) is 2. The highest BCUT2D eigenvalue weighted by atomic mass is 16.5. The molecule has 30 heavy (non-hydrogen) atoms. The van der Waals surface area contributed by atoms with Crippen LogP contribution in [-0.2, 0) is 11.2 Å².